The van der Waals surface area contributed by atoms with Crippen molar-refractivity contribution in [3.8, 4) is 0 Å². The van der Waals surface area contributed by atoms with Crippen LogP contribution < -0.4 is 11.5 Å². The van der Waals surface area contributed by atoms with Crippen LogP contribution >= 0.6 is 0 Å². The Morgan fingerprint density at radius 2 is 1.62 bits per heavy atom. The topological polar surface area (TPSA) is 52.0 Å². The zero-order chi connectivity index (χ0) is 12.6. The van der Waals surface area contributed by atoms with Gasteiger partial charge in [0.05, 0.1) is 0 Å². The fourth-order valence-electron chi connectivity index (χ4n) is 2.28. The summed E-state index contributed by atoms with van der Waals surface area (Å²) in [4.78, 5) is 0. The fraction of sp³-hybridized carbons (Fsp3) is 1.00. The molecule has 2 heteroatoms. The van der Waals surface area contributed by atoms with Crippen LogP contribution in [0.1, 0.15) is 72.6 Å². The van der Waals surface area contributed by atoms with E-state index in [4.69, 9.17) is 11.5 Å². The largest absolute Gasteiger partial charge is 0.328 e. The van der Waals surface area contributed by atoms with Crippen molar-refractivity contribution in [3.63, 3.8) is 0 Å². The molecule has 0 aromatic carbocycles. The summed E-state index contributed by atoms with van der Waals surface area (Å²) in [5, 5.41) is 0. The molecule has 0 heterocycles. The number of unbranched alkanes of at least 4 members (excludes halogenated alkanes) is 1. The van der Waals surface area contributed by atoms with Crippen molar-refractivity contribution in [2.24, 2.45) is 17.4 Å². The summed E-state index contributed by atoms with van der Waals surface area (Å²) in [6.07, 6.45) is 8.23. The van der Waals surface area contributed by atoms with E-state index in [9.17, 15) is 0 Å². The van der Waals surface area contributed by atoms with Crippen LogP contribution in [0.4, 0.5) is 0 Å². The van der Waals surface area contributed by atoms with Crippen LogP contribution in [0.15, 0.2) is 0 Å². The zero-order valence-electron chi connectivity index (χ0n) is 11.8. The quantitative estimate of drug-likeness (QED) is 0.635. The third-order valence-corrected chi connectivity index (χ3v) is 3.89. The van der Waals surface area contributed by atoms with Crippen LogP contribution in [-0.2, 0) is 0 Å². The third kappa shape index (κ3) is 5.86. The molecule has 3 atom stereocenters. The minimum absolute atomic E-state index is 0.0413. The van der Waals surface area contributed by atoms with Gasteiger partial charge in [-0.2, -0.15) is 0 Å². The Balaban J connectivity index is 4.18. The Bertz CT molecular complexity index is 168. The summed E-state index contributed by atoms with van der Waals surface area (Å²) in [6.45, 7) is 8.85. The Labute approximate surface area is 102 Å². The fourth-order valence-corrected chi connectivity index (χ4v) is 2.28. The number of hydrogen-bond acceptors (Lipinski definition) is 2. The highest BCUT2D eigenvalue weighted by Crippen LogP contribution is 2.29. The molecule has 0 bridgehead atoms. The third-order valence-electron chi connectivity index (χ3n) is 3.89. The standard InChI is InChI=1S/C14H32N2/c1-5-7-10-14(16,12(3)6-2)11-8-9-13(4)15/h12-13H,5-11,15-16H2,1-4H3. The summed E-state index contributed by atoms with van der Waals surface area (Å²) in [7, 11) is 0. The van der Waals surface area contributed by atoms with Crippen LogP contribution in [-0.4, -0.2) is 11.6 Å². The Hall–Kier alpha value is -0.0800. The average molecular weight is 228 g/mol. The van der Waals surface area contributed by atoms with E-state index in [-0.39, 0.29) is 5.54 Å². The van der Waals surface area contributed by atoms with Gasteiger partial charge in [0.2, 0.25) is 0 Å². The van der Waals surface area contributed by atoms with Crippen molar-refractivity contribution in [1.82, 2.24) is 0 Å². The van der Waals surface area contributed by atoms with Gasteiger partial charge in [-0.25, -0.2) is 0 Å². The monoisotopic (exact) mass is 228 g/mol. The first-order chi connectivity index (χ1) is 7.46. The van der Waals surface area contributed by atoms with Gasteiger partial charge in [0.1, 0.15) is 0 Å². The lowest BCUT2D eigenvalue weighted by Crippen LogP contribution is -2.46. The molecule has 0 aromatic rings. The molecule has 0 aliphatic rings. The minimum atomic E-state index is 0.0413. The molecule has 16 heavy (non-hydrogen) atoms. The van der Waals surface area contributed by atoms with Gasteiger partial charge in [0.25, 0.3) is 0 Å². The minimum Gasteiger partial charge on any atom is -0.328 e. The summed E-state index contributed by atoms with van der Waals surface area (Å²) in [6, 6.07) is 0.312. The molecule has 0 saturated heterocycles. The Kier molecular flexibility index (Phi) is 8.04. The van der Waals surface area contributed by atoms with E-state index >= 15 is 0 Å². The van der Waals surface area contributed by atoms with Gasteiger partial charge in [-0.3, -0.25) is 0 Å². The van der Waals surface area contributed by atoms with E-state index in [2.05, 4.69) is 27.7 Å². The second kappa shape index (κ2) is 8.08. The molecular weight excluding hydrogens is 196 g/mol. The number of nitrogens with two attached hydrogens (primary N) is 2. The van der Waals surface area contributed by atoms with Gasteiger partial charge >= 0.3 is 0 Å². The van der Waals surface area contributed by atoms with E-state index < -0.39 is 0 Å². The predicted molar refractivity (Wildman–Crippen MR) is 73.4 cm³/mol. The first-order valence-electron chi connectivity index (χ1n) is 7.00. The smallest absolute Gasteiger partial charge is 0.0180 e. The second-order valence-electron chi connectivity index (χ2n) is 5.52. The molecule has 0 spiro atoms. The van der Waals surface area contributed by atoms with Gasteiger partial charge < -0.3 is 11.5 Å². The van der Waals surface area contributed by atoms with Crippen LogP contribution in [0.25, 0.3) is 0 Å². The van der Waals surface area contributed by atoms with Crippen LogP contribution in [0.5, 0.6) is 0 Å². The summed E-state index contributed by atoms with van der Waals surface area (Å²) < 4.78 is 0. The van der Waals surface area contributed by atoms with E-state index in [0.717, 1.165) is 19.3 Å². The van der Waals surface area contributed by atoms with Gasteiger partial charge in [-0.1, -0.05) is 46.5 Å². The molecule has 2 nitrogen and oxygen atoms in total. The van der Waals surface area contributed by atoms with Crippen molar-refractivity contribution in [3.05, 3.63) is 0 Å². The first-order valence-corrected chi connectivity index (χ1v) is 7.00. The first kappa shape index (κ1) is 15.9. The van der Waals surface area contributed by atoms with Gasteiger partial charge in [0, 0.05) is 11.6 Å². The second-order valence-corrected chi connectivity index (χ2v) is 5.52. The van der Waals surface area contributed by atoms with E-state index in [1.165, 1.54) is 25.7 Å². The highest BCUT2D eigenvalue weighted by Gasteiger charge is 2.29. The lowest BCUT2D eigenvalue weighted by Gasteiger charge is -2.36. The van der Waals surface area contributed by atoms with Crippen molar-refractivity contribution in [2.45, 2.75) is 84.2 Å². The molecule has 3 unspecified atom stereocenters. The van der Waals surface area contributed by atoms with Gasteiger partial charge in [-0.05, 0) is 32.1 Å². The molecule has 4 N–H and O–H groups in total. The van der Waals surface area contributed by atoms with Gasteiger partial charge in [0.15, 0.2) is 0 Å². The van der Waals surface area contributed by atoms with Crippen LogP contribution in [0.2, 0.25) is 0 Å². The maximum absolute atomic E-state index is 6.58. The van der Waals surface area contributed by atoms with E-state index in [0.29, 0.717) is 12.0 Å². The van der Waals surface area contributed by atoms with Crippen LogP contribution in [0, 0.1) is 5.92 Å². The highest BCUT2D eigenvalue weighted by molar-refractivity contribution is 4.88. The van der Waals surface area contributed by atoms with Crippen molar-refractivity contribution in [1.29, 1.82) is 0 Å². The maximum atomic E-state index is 6.58. The lowest BCUT2D eigenvalue weighted by atomic mass is 9.76. The molecular formula is C14H32N2. The zero-order valence-corrected chi connectivity index (χ0v) is 11.8. The SMILES string of the molecule is CCCCC(N)(CCCC(C)N)C(C)CC. The predicted octanol–water partition coefficient (Wildman–Crippen LogP) is 3.44. The number of rotatable bonds is 9. The van der Waals surface area contributed by atoms with Crippen LogP contribution in [0.3, 0.4) is 0 Å². The molecule has 98 valence electrons. The summed E-state index contributed by atoms with van der Waals surface area (Å²) >= 11 is 0. The Morgan fingerprint density at radius 1 is 1.06 bits per heavy atom. The molecule has 0 saturated carbocycles. The molecule has 0 fully saturated rings. The molecule has 0 aliphatic carbocycles. The molecule has 0 radical (unpaired) electrons. The van der Waals surface area contributed by atoms with E-state index in [1.54, 1.807) is 0 Å². The van der Waals surface area contributed by atoms with Crippen molar-refractivity contribution >= 4 is 0 Å². The summed E-state index contributed by atoms with van der Waals surface area (Å²) in [5.41, 5.74) is 12.4. The van der Waals surface area contributed by atoms with Gasteiger partial charge in [-0.15, -0.1) is 0 Å². The van der Waals surface area contributed by atoms with E-state index in [1.807, 2.05) is 0 Å². The lowest BCUT2D eigenvalue weighted by molar-refractivity contribution is 0.231. The molecule has 0 aliphatic heterocycles. The highest BCUT2D eigenvalue weighted by atomic mass is 14.8. The maximum Gasteiger partial charge on any atom is 0.0180 e. The molecule has 0 aromatic heterocycles. The van der Waals surface area contributed by atoms with Crippen molar-refractivity contribution in [2.75, 3.05) is 0 Å². The molecule has 0 rings (SSSR count). The Morgan fingerprint density at radius 3 is 2.06 bits per heavy atom. The number of hydrogen-bond donors (Lipinski definition) is 2. The summed E-state index contributed by atoms with van der Waals surface area (Å²) in [5.74, 6) is 0.618. The van der Waals surface area contributed by atoms with Crippen molar-refractivity contribution < 1.29 is 0 Å². The normalized spacial score (nSPS) is 19.1. The molecule has 0 amide bonds. The average Bonchev–Trinajstić information content (AvgIpc) is 2.24.